The smallest absolute Gasteiger partial charge is 0.139 e. The molecule has 170 valence electrons. The summed E-state index contributed by atoms with van der Waals surface area (Å²) >= 11 is 0. The van der Waals surface area contributed by atoms with Crippen molar-refractivity contribution in [3.63, 3.8) is 0 Å². The molecule has 0 aliphatic heterocycles. The second-order valence-corrected chi connectivity index (χ2v) is 10.6. The van der Waals surface area contributed by atoms with Crippen LogP contribution in [-0.2, 0) is 5.41 Å². The van der Waals surface area contributed by atoms with Gasteiger partial charge in [0.05, 0.1) is 0 Å². The molecule has 0 spiro atoms. The van der Waals surface area contributed by atoms with Crippen LogP contribution in [0.15, 0.2) is 102 Å². The van der Waals surface area contributed by atoms with Gasteiger partial charge in [-0.3, -0.25) is 0 Å². The average molecular weight is 453 g/mol. The Morgan fingerprint density at radius 1 is 0.857 bits per heavy atom. The molecule has 0 N–H and O–H groups in total. The first-order chi connectivity index (χ1) is 17.0. The number of rotatable bonds is 2. The van der Waals surface area contributed by atoms with Crippen LogP contribution in [0.4, 0.5) is 0 Å². The fourth-order valence-corrected chi connectivity index (χ4v) is 6.35. The van der Waals surface area contributed by atoms with Crippen LogP contribution in [0.25, 0.3) is 38.6 Å². The summed E-state index contributed by atoms with van der Waals surface area (Å²) in [6.07, 6.45) is 7.75. The predicted octanol–water partition coefficient (Wildman–Crippen LogP) is 9.33. The number of allylic oxidation sites excluding steroid dienone is 4. The zero-order valence-electron chi connectivity index (χ0n) is 20.4. The molecule has 0 saturated carbocycles. The van der Waals surface area contributed by atoms with E-state index in [0.29, 0.717) is 0 Å². The molecule has 1 nitrogen and oxygen atoms in total. The summed E-state index contributed by atoms with van der Waals surface area (Å²) in [6, 6.07) is 28.7. The lowest BCUT2D eigenvalue weighted by Gasteiger charge is -2.26. The zero-order valence-corrected chi connectivity index (χ0v) is 20.4. The summed E-state index contributed by atoms with van der Waals surface area (Å²) < 4.78 is 6.70. The highest BCUT2D eigenvalue weighted by Crippen LogP contribution is 2.55. The fourth-order valence-electron chi connectivity index (χ4n) is 6.35. The van der Waals surface area contributed by atoms with E-state index < -0.39 is 0 Å². The Kier molecular flexibility index (Phi) is 4.30. The Balaban J connectivity index is 1.58. The summed E-state index contributed by atoms with van der Waals surface area (Å²) in [5.74, 6) is 0.247. The lowest BCUT2D eigenvalue weighted by atomic mass is 9.77. The Bertz CT molecular complexity index is 1690. The maximum Gasteiger partial charge on any atom is 0.139 e. The minimum Gasteiger partial charge on any atom is -0.456 e. The molecule has 1 atom stereocenters. The van der Waals surface area contributed by atoms with E-state index in [4.69, 9.17) is 4.42 Å². The van der Waals surface area contributed by atoms with Crippen LogP contribution in [0.3, 0.4) is 0 Å². The standard InChI is InChI=1S/C34H28O/c1-21-17-18-25-28(19-21)34(2,3)29-20-27(24-14-8-7-13-23(24)22-11-5-4-6-12-22)33-32(31(25)29)26-15-9-10-16-30(26)35-33/h4-13,15-20,24H,14H2,1-3H3. The molecule has 0 amide bonds. The van der Waals surface area contributed by atoms with Gasteiger partial charge in [-0.1, -0.05) is 104 Å². The molecule has 1 heterocycles. The maximum absolute atomic E-state index is 6.70. The van der Waals surface area contributed by atoms with Crippen molar-refractivity contribution in [3.05, 3.63) is 125 Å². The lowest BCUT2D eigenvalue weighted by molar-refractivity contribution is 0.647. The highest BCUT2D eigenvalue weighted by molar-refractivity contribution is 6.16. The largest absolute Gasteiger partial charge is 0.456 e. The van der Waals surface area contributed by atoms with Crippen LogP contribution in [-0.4, -0.2) is 0 Å². The van der Waals surface area contributed by atoms with Gasteiger partial charge in [0, 0.05) is 27.7 Å². The Morgan fingerprint density at radius 3 is 2.51 bits per heavy atom. The van der Waals surface area contributed by atoms with Gasteiger partial charge in [-0.15, -0.1) is 0 Å². The van der Waals surface area contributed by atoms with Gasteiger partial charge in [0.2, 0.25) is 0 Å². The van der Waals surface area contributed by atoms with Crippen molar-refractivity contribution in [2.45, 2.75) is 38.5 Å². The highest BCUT2D eigenvalue weighted by Gasteiger charge is 2.39. The third-order valence-corrected chi connectivity index (χ3v) is 8.11. The third kappa shape index (κ3) is 2.88. The summed E-state index contributed by atoms with van der Waals surface area (Å²) in [6.45, 7) is 6.95. The quantitative estimate of drug-likeness (QED) is 0.260. The second-order valence-electron chi connectivity index (χ2n) is 10.6. The molecular formula is C34H28O. The van der Waals surface area contributed by atoms with E-state index in [1.165, 1.54) is 55.3 Å². The van der Waals surface area contributed by atoms with Gasteiger partial charge in [-0.05, 0) is 58.9 Å². The van der Waals surface area contributed by atoms with Crippen molar-refractivity contribution in [1.29, 1.82) is 0 Å². The van der Waals surface area contributed by atoms with E-state index in [-0.39, 0.29) is 11.3 Å². The van der Waals surface area contributed by atoms with Crippen molar-refractivity contribution in [2.24, 2.45) is 0 Å². The SMILES string of the molecule is Cc1ccc2c(c1)C(C)(C)c1cc(C3CC=CC=C3c3ccccc3)c3oc4ccccc4c3c1-2. The van der Waals surface area contributed by atoms with Crippen LogP contribution in [0.1, 0.15) is 54.0 Å². The molecule has 7 rings (SSSR count). The molecule has 0 fully saturated rings. The van der Waals surface area contributed by atoms with Crippen LogP contribution >= 0.6 is 0 Å². The van der Waals surface area contributed by atoms with Crippen molar-refractivity contribution in [3.8, 4) is 11.1 Å². The minimum absolute atomic E-state index is 0.0703. The number of furan rings is 1. The van der Waals surface area contributed by atoms with E-state index in [0.717, 1.165) is 17.6 Å². The first kappa shape index (κ1) is 20.5. The fraction of sp³-hybridized carbons (Fsp3) is 0.176. The molecule has 4 aromatic carbocycles. The Hall–Kier alpha value is -3.84. The van der Waals surface area contributed by atoms with Crippen LogP contribution in [0.2, 0.25) is 0 Å². The molecule has 35 heavy (non-hydrogen) atoms. The van der Waals surface area contributed by atoms with Gasteiger partial charge in [-0.2, -0.15) is 0 Å². The minimum atomic E-state index is -0.0703. The van der Waals surface area contributed by atoms with Gasteiger partial charge in [0.1, 0.15) is 11.2 Å². The molecule has 0 bridgehead atoms. The van der Waals surface area contributed by atoms with Crippen LogP contribution < -0.4 is 0 Å². The van der Waals surface area contributed by atoms with E-state index in [1.807, 2.05) is 0 Å². The summed E-state index contributed by atoms with van der Waals surface area (Å²) in [7, 11) is 0. The van der Waals surface area contributed by atoms with E-state index in [2.05, 4.69) is 118 Å². The summed E-state index contributed by atoms with van der Waals surface area (Å²) in [4.78, 5) is 0. The number of hydrogen-bond acceptors (Lipinski definition) is 1. The molecule has 0 saturated heterocycles. The average Bonchev–Trinajstić information content (AvgIpc) is 3.37. The number of aryl methyl sites for hydroxylation is 1. The van der Waals surface area contributed by atoms with E-state index >= 15 is 0 Å². The van der Waals surface area contributed by atoms with Gasteiger partial charge in [0.25, 0.3) is 0 Å². The molecule has 1 heteroatoms. The van der Waals surface area contributed by atoms with Gasteiger partial charge in [0.15, 0.2) is 0 Å². The Morgan fingerprint density at radius 2 is 1.66 bits per heavy atom. The zero-order chi connectivity index (χ0) is 23.7. The highest BCUT2D eigenvalue weighted by atomic mass is 16.3. The second kappa shape index (κ2) is 7.33. The number of hydrogen-bond donors (Lipinski definition) is 0. The topological polar surface area (TPSA) is 13.1 Å². The van der Waals surface area contributed by atoms with E-state index in [9.17, 15) is 0 Å². The normalized spacial score (nSPS) is 18.0. The Labute approximate surface area is 206 Å². The molecule has 1 aromatic heterocycles. The van der Waals surface area contributed by atoms with Gasteiger partial charge >= 0.3 is 0 Å². The van der Waals surface area contributed by atoms with Crippen molar-refractivity contribution in [2.75, 3.05) is 0 Å². The summed E-state index contributed by atoms with van der Waals surface area (Å²) in [5, 5.41) is 2.48. The summed E-state index contributed by atoms with van der Waals surface area (Å²) in [5.41, 5.74) is 12.7. The van der Waals surface area contributed by atoms with Crippen LogP contribution in [0.5, 0.6) is 0 Å². The number of fused-ring (bicyclic) bond motifs is 7. The maximum atomic E-state index is 6.70. The molecular weight excluding hydrogens is 424 g/mol. The molecule has 2 aliphatic rings. The first-order valence-corrected chi connectivity index (χ1v) is 12.6. The number of benzene rings is 4. The van der Waals surface area contributed by atoms with Crippen molar-refractivity contribution >= 4 is 27.5 Å². The van der Waals surface area contributed by atoms with Crippen molar-refractivity contribution < 1.29 is 4.42 Å². The molecule has 1 unspecified atom stereocenters. The van der Waals surface area contributed by atoms with E-state index in [1.54, 1.807) is 0 Å². The lowest BCUT2D eigenvalue weighted by Crippen LogP contribution is -2.16. The predicted molar refractivity (Wildman–Crippen MR) is 147 cm³/mol. The number of para-hydroxylation sites is 1. The molecule has 2 aliphatic carbocycles. The first-order valence-electron chi connectivity index (χ1n) is 12.6. The molecule has 0 radical (unpaired) electrons. The van der Waals surface area contributed by atoms with Gasteiger partial charge < -0.3 is 4.42 Å². The third-order valence-electron chi connectivity index (χ3n) is 8.11. The van der Waals surface area contributed by atoms with Crippen LogP contribution in [0, 0.1) is 6.92 Å². The van der Waals surface area contributed by atoms with Gasteiger partial charge in [-0.25, -0.2) is 0 Å². The molecule has 5 aromatic rings. The monoisotopic (exact) mass is 452 g/mol. The van der Waals surface area contributed by atoms with Crippen molar-refractivity contribution in [1.82, 2.24) is 0 Å².